The molecular weight excluding hydrogens is 208 g/mol. The lowest BCUT2D eigenvalue weighted by molar-refractivity contribution is 0.0849. The van der Waals surface area contributed by atoms with E-state index in [4.69, 9.17) is 11.6 Å². The van der Waals surface area contributed by atoms with Crippen molar-refractivity contribution in [3.05, 3.63) is 34.9 Å². The molecule has 1 nitrogen and oxygen atoms in total. The lowest BCUT2D eigenvalue weighted by atomic mass is 9.83. The average molecular weight is 225 g/mol. The standard InChI is InChI=1S/C13H17ClO/c14-12-9-5-4-8-11(12)13(15)10-6-2-1-3-7-10/h4-5,8-10,13,15H,1-3,6-7H2. The van der Waals surface area contributed by atoms with Crippen molar-refractivity contribution in [2.24, 2.45) is 5.92 Å². The highest BCUT2D eigenvalue weighted by Gasteiger charge is 2.24. The van der Waals surface area contributed by atoms with Crippen LogP contribution in [0, 0.1) is 5.92 Å². The van der Waals surface area contributed by atoms with Gasteiger partial charge in [0.1, 0.15) is 0 Å². The molecule has 1 aliphatic rings. The minimum Gasteiger partial charge on any atom is -0.388 e. The van der Waals surface area contributed by atoms with E-state index in [1.165, 1.54) is 19.3 Å². The van der Waals surface area contributed by atoms with Crippen LogP contribution in [0.1, 0.15) is 43.8 Å². The van der Waals surface area contributed by atoms with E-state index in [9.17, 15) is 5.11 Å². The highest BCUT2D eigenvalue weighted by atomic mass is 35.5. The fraction of sp³-hybridized carbons (Fsp3) is 0.538. The van der Waals surface area contributed by atoms with Gasteiger partial charge in [0.2, 0.25) is 0 Å². The molecule has 82 valence electrons. The van der Waals surface area contributed by atoms with Gasteiger partial charge < -0.3 is 5.11 Å². The first-order chi connectivity index (χ1) is 7.29. The summed E-state index contributed by atoms with van der Waals surface area (Å²) in [4.78, 5) is 0. The number of rotatable bonds is 2. The largest absolute Gasteiger partial charge is 0.388 e. The molecule has 1 atom stereocenters. The van der Waals surface area contributed by atoms with Gasteiger partial charge in [-0.15, -0.1) is 0 Å². The SMILES string of the molecule is OC(c1ccccc1Cl)C1CCCCC1. The number of hydrogen-bond acceptors (Lipinski definition) is 1. The molecule has 0 aromatic heterocycles. The molecule has 0 bridgehead atoms. The summed E-state index contributed by atoms with van der Waals surface area (Å²) in [7, 11) is 0. The van der Waals surface area contributed by atoms with Gasteiger partial charge in [-0.3, -0.25) is 0 Å². The highest BCUT2D eigenvalue weighted by molar-refractivity contribution is 6.31. The second kappa shape index (κ2) is 5.00. The molecule has 0 saturated heterocycles. The van der Waals surface area contributed by atoms with Gasteiger partial charge in [-0.2, -0.15) is 0 Å². The average Bonchev–Trinajstić information content (AvgIpc) is 2.30. The predicted molar refractivity (Wildman–Crippen MR) is 63.0 cm³/mol. The zero-order valence-electron chi connectivity index (χ0n) is 8.82. The van der Waals surface area contributed by atoms with Gasteiger partial charge in [-0.25, -0.2) is 0 Å². The van der Waals surface area contributed by atoms with Crippen LogP contribution in [0.3, 0.4) is 0 Å². The number of aliphatic hydroxyl groups excluding tert-OH is 1. The second-order valence-electron chi connectivity index (χ2n) is 4.36. The second-order valence-corrected chi connectivity index (χ2v) is 4.77. The number of benzene rings is 1. The van der Waals surface area contributed by atoms with Crippen molar-refractivity contribution in [3.8, 4) is 0 Å². The summed E-state index contributed by atoms with van der Waals surface area (Å²) in [5.41, 5.74) is 0.895. The van der Waals surface area contributed by atoms with Crippen molar-refractivity contribution < 1.29 is 5.11 Å². The summed E-state index contributed by atoms with van der Waals surface area (Å²) in [6, 6.07) is 7.62. The Morgan fingerprint density at radius 3 is 2.47 bits per heavy atom. The fourth-order valence-corrected chi connectivity index (χ4v) is 2.67. The predicted octanol–water partition coefficient (Wildman–Crippen LogP) is 3.95. The molecular formula is C13H17ClO. The fourth-order valence-electron chi connectivity index (χ4n) is 2.42. The van der Waals surface area contributed by atoms with Crippen molar-refractivity contribution in [2.45, 2.75) is 38.2 Å². The Kier molecular flexibility index (Phi) is 3.66. The van der Waals surface area contributed by atoms with E-state index in [1.54, 1.807) is 0 Å². The van der Waals surface area contributed by atoms with E-state index >= 15 is 0 Å². The molecule has 1 aromatic rings. The molecule has 2 rings (SSSR count). The van der Waals surface area contributed by atoms with Crippen LogP contribution in [0.25, 0.3) is 0 Å². The molecule has 0 spiro atoms. The van der Waals surface area contributed by atoms with E-state index in [1.807, 2.05) is 24.3 Å². The van der Waals surface area contributed by atoms with Crippen molar-refractivity contribution in [2.75, 3.05) is 0 Å². The number of hydrogen-bond donors (Lipinski definition) is 1. The van der Waals surface area contributed by atoms with Crippen LogP contribution in [-0.4, -0.2) is 5.11 Å². The van der Waals surface area contributed by atoms with Gasteiger partial charge in [0.05, 0.1) is 6.10 Å². The van der Waals surface area contributed by atoms with Crippen LogP contribution in [0.15, 0.2) is 24.3 Å². The molecule has 1 N–H and O–H groups in total. The minimum atomic E-state index is -0.376. The van der Waals surface area contributed by atoms with E-state index in [0.29, 0.717) is 10.9 Å². The van der Waals surface area contributed by atoms with Gasteiger partial charge in [-0.05, 0) is 30.4 Å². The summed E-state index contributed by atoms with van der Waals surface area (Å²) in [5, 5.41) is 10.9. The van der Waals surface area contributed by atoms with Gasteiger partial charge in [0.15, 0.2) is 0 Å². The first-order valence-corrected chi connectivity index (χ1v) is 6.09. The van der Waals surface area contributed by atoms with Crippen molar-refractivity contribution >= 4 is 11.6 Å². The molecule has 0 aliphatic heterocycles. The lowest BCUT2D eigenvalue weighted by Crippen LogP contribution is -2.16. The Morgan fingerprint density at radius 2 is 1.80 bits per heavy atom. The van der Waals surface area contributed by atoms with Crippen molar-refractivity contribution in [1.82, 2.24) is 0 Å². The van der Waals surface area contributed by atoms with Crippen LogP contribution < -0.4 is 0 Å². The minimum absolute atomic E-state index is 0.376. The zero-order valence-corrected chi connectivity index (χ0v) is 9.58. The third-order valence-corrected chi connectivity index (χ3v) is 3.66. The van der Waals surface area contributed by atoms with E-state index in [-0.39, 0.29) is 6.10 Å². The Morgan fingerprint density at radius 1 is 1.13 bits per heavy atom. The lowest BCUT2D eigenvalue weighted by Gasteiger charge is -2.27. The van der Waals surface area contributed by atoms with Crippen molar-refractivity contribution in [3.63, 3.8) is 0 Å². The van der Waals surface area contributed by atoms with E-state index < -0.39 is 0 Å². The van der Waals surface area contributed by atoms with Gasteiger partial charge in [0.25, 0.3) is 0 Å². The van der Waals surface area contributed by atoms with E-state index in [0.717, 1.165) is 18.4 Å². The third-order valence-electron chi connectivity index (χ3n) is 3.32. The van der Waals surface area contributed by atoms with Crippen LogP contribution >= 0.6 is 11.6 Å². The summed E-state index contributed by atoms with van der Waals surface area (Å²) in [6.45, 7) is 0. The Labute approximate surface area is 96.1 Å². The van der Waals surface area contributed by atoms with Gasteiger partial charge >= 0.3 is 0 Å². The van der Waals surface area contributed by atoms with Crippen LogP contribution in [0.4, 0.5) is 0 Å². The normalized spacial score (nSPS) is 20.1. The number of halogens is 1. The Balaban J connectivity index is 2.12. The molecule has 1 fully saturated rings. The first-order valence-electron chi connectivity index (χ1n) is 5.71. The molecule has 0 heterocycles. The van der Waals surface area contributed by atoms with E-state index in [2.05, 4.69) is 0 Å². The molecule has 0 amide bonds. The topological polar surface area (TPSA) is 20.2 Å². The van der Waals surface area contributed by atoms with Gasteiger partial charge in [-0.1, -0.05) is 49.1 Å². The molecule has 1 aliphatic carbocycles. The highest BCUT2D eigenvalue weighted by Crippen LogP contribution is 2.36. The monoisotopic (exact) mass is 224 g/mol. The summed E-state index contributed by atoms with van der Waals surface area (Å²) < 4.78 is 0. The molecule has 0 radical (unpaired) electrons. The maximum atomic E-state index is 10.2. The first kappa shape index (κ1) is 11.0. The van der Waals surface area contributed by atoms with Crippen LogP contribution in [0.5, 0.6) is 0 Å². The van der Waals surface area contributed by atoms with Gasteiger partial charge in [0, 0.05) is 5.02 Å². The molecule has 1 aromatic carbocycles. The smallest absolute Gasteiger partial charge is 0.0832 e. The molecule has 1 unspecified atom stereocenters. The Bertz CT molecular complexity index is 318. The Hall–Kier alpha value is -0.530. The molecule has 1 saturated carbocycles. The quantitative estimate of drug-likeness (QED) is 0.807. The third kappa shape index (κ3) is 2.53. The summed E-state index contributed by atoms with van der Waals surface area (Å²) in [5.74, 6) is 0.402. The maximum absolute atomic E-state index is 10.2. The summed E-state index contributed by atoms with van der Waals surface area (Å²) >= 11 is 6.08. The zero-order chi connectivity index (χ0) is 10.7. The maximum Gasteiger partial charge on any atom is 0.0832 e. The molecule has 15 heavy (non-hydrogen) atoms. The number of aliphatic hydroxyl groups is 1. The van der Waals surface area contributed by atoms with Crippen molar-refractivity contribution in [1.29, 1.82) is 0 Å². The van der Waals surface area contributed by atoms with Crippen LogP contribution in [0.2, 0.25) is 5.02 Å². The van der Waals surface area contributed by atoms with Crippen LogP contribution in [-0.2, 0) is 0 Å². The molecule has 2 heteroatoms. The summed E-state index contributed by atoms with van der Waals surface area (Å²) in [6.07, 6.45) is 5.68.